The number of hydrogen-bond acceptors (Lipinski definition) is 2. The molecule has 0 atom stereocenters. The largest absolute Gasteiger partial charge is 0.309 e. The molecule has 4 heteroatoms. The van der Waals surface area contributed by atoms with Crippen LogP contribution in [0.5, 0.6) is 0 Å². The number of aromatic nitrogens is 2. The van der Waals surface area contributed by atoms with Crippen molar-refractivity contribution in [1.82, 2.24) is 9.13 Å². The summed E-state index contributed by atoms with van der Waals surface area (Å²) in [4.78, 5) is 0. The Morgan fingerprint density at radius 2 is 0.778 bits per heavy atom. The van der Waals surface area contributed by atoms with E-state index in [2.05, 4.69) is 57.7 Å². The second-order valence-corrected chi connectivity index (χ2v) is 8.85. The van der Waals surface area contributed by atoms with E-state index in [1.165, 1.54) is 0 Å². The number of nitriles is 2. The zero-order chi connectivity index (χ0) is 24.2. The van der Waals surface area contributed by atoms with E-state index in [1.807, 2.05) is 72.8 Å². The summed E-state index contributed by atoms with van der Waals surface area (Å²) in [5.74, 6) is 0. The minimum absolute atomic E-state index is 0.456. The number of fused-ring (bicyclic) bond motifs is 6. The van der Waals surface area contributed by atoms with Crippen molar-refractivity contribution in [3.05, 3.63) is 120 Å². The predicted molar refractivity (Wildman–Crippen MR) is 145 cm³/mol. The van der Waals surface area contributed by atoms with E-state index in [4.69, 9.17) is 0 Å². The minimum atomic E-state index is 0.456. The summed E-state index contributed by atoms with van der Waals surface area (Å²) in [5.41, 5.74) is 6.33. The summed E-state index contributed by atoms with van der Waals surface area (Å²) in [6.07, 6.45) is 0. The van der Waals surface area contributed by atoms with E-state index < -0.39 is 0 Å². The Balaban J connectivity index is 1.60. The van der Waals surface area contributed by atoms with Gasteiger partial charge >= 0.3 is 0 Å². The van der Waals surface area contributed by atoms with Gasteiger partial charge in [0.2, 0.25) is 0 Å². The highest BCUT2D eigenvalue weighted by Gasteiger charge is 2.20. The highest BCUT2D eigenvalue weighted by atomic mass is 15.0. The van der Waals surface area contributed by atoms with Crippen molar-refractivity contribution in [2.45, 2.75) is 0 Å². The smallest absolute Gasteiger partial charge is 0.101 e. The van der Waals surface area contributed by atoms with Crippen LogP contribution in [0.2, 0.25) is 0 Å². The minimum Gasteiger partial charge on any atom is -0.309 e. The van der Waals surface area contributed by atoms with Crippen LogP contribution in [-0.4, -0.2) is 9.13 Å². The van der Waals surface area contributed by atoms with Gasteiger partial charge in [-0.1, -0.05) is 72.8 Å². The van der Waals surface area contributed by atoms with E-state index in [0.717, 1.165) is 49.3 Å². The van der Waals surface area contributed by atoms with Crippen molar-refractivity contribution in [2.75, 3.05) is 0 Å². The second kappa shape index (κ2) is 7.60. The van der Waals surface area contributed by atoms with E-state index >= 15 is 0 Å². The molecule has 0 fully saturated rings. The molecule has 0 spiro atoms. The van der Waals surface area contributed by atoms with Crippen molar-refractivity contribution in [2.24, 2.45) is 0 Å². The number of para-hydroxylation sites is 4. The van der Waals surface area contributed by atoms with Crippen LogP contribution in [0, 0.1) is 22.7 Å². The first kappa shape index (κ1) is 20.1. The summed E-state index contributed by atoms with van der Waals surface area (Å²) in [5, 5.41) is 25.1. The van der Waals surface area contributed by atoms with Crippen LogP contribution in [0.1, 0.15) is 11.1 Å². The predicted octanol–water partition coefficient (Wildman–Crippen LogP) is 7.62. The SMILES string of the molecule is N#Cc1cc(-n2c3ccccc3c3ccccc32)cc(C#N)c1-n1c2ccccc2c2ccccc21. The Labute approximate surface area is 207 Å². The van der Waals surface area contributed by atoms with Gasteiger partial charge in [-0.2, -0.15) is 10.5 Å². The van der Waals surface area contributed by atoms with Gasteiger partial charge in [-0.15, -0.1) is 0 Å². The summed E-state index contributed by atoms with van der Waals surface area (Å²) >= 11 is 0. The molecule has 5 aromatic carbocycles. The summed E-state index contributed by atoms with van der Waals surface area (Å²) in [6.45, 7) is 0. The van der Waals surface area contributed by atoms with Crippen molar-refractivity contribution in [1.29, 1.82) is 10.5 Å². The van der Waals surface area contributed by atoms with E-state index in [0.29, 0.717) is 16.8 Å². The number of rotatable bonds is 2. The molecule has 0 aliphatic rings. The molecule has 0 radical (unpaired) electrons. The normalized spacial score (nSPS) is 11.3. The summed E-state index contributed by atoms with van der Waals surface area (Å²) in [7, 11) is 0. The highest BCUT2D eigenvalue weighted by molar-refractivity contribution is 6.10. The van der Waals surface area contributed by atoms with Crippen LogP contribution >= 0.6 is 0 Å². The van der Waals surface area contributed by atoms with Gasteiger partial charge in [0.05, 0.1) is 38.9 Å². The van der Waals surface area contributed by atoms with Crippen molar-refractivity contribution in [3.8, 4) is 23.5 Å². The zero-order valence-corrected chi connectivity index (χ0v) is 19.2. The second-order valence-electron chi connectivity index (χ2n) is 8.85. The Bertz CT molecular complexity index is 1930. The average molecular weight is 459 g/mol. The highest BCUT2D eigenvalue weighted by Crippen LogP contribution is 2.37. The monoisotopic (exact) mass is 458 g/mol. The average Bonchev–Trinajstić information content (AvgIpc) is 3.45. The van der Waals surface area contributed by atoms with E-state index in [9.17, 15) is 10.5 Å². The molecule has 0 aliphatic heterocycles. The molecular weight excluding hydrogens is 440 g/mol. The van der Waals surface area contributed by atoms with Gasteiger partial charge in [-0.25, -0.2) is 0 Å². The maximum Gasteiger partial charge on any atom is 0.101 e. The van der Waals surface area contributed by atoms with Crippen LogP contribution in [0.4, 0.5) is 0 Å². The Hall–Kier alpha value is -5.32. The van der Waals surface area contributed by atoms with Crippen LogP contribution < -0.4 is 0 Å². The molecule has 0 amide bonds. The van der Waals surface area contributed by atoms with Crippen LogP contribution in [-0.2, 0) is 0 Å². The van der Waals surface area contributed by atoms with Gasteiger partial charge < -0.3 is 9.13 Å². The molecule has 2 aromatic heterocycles. The van der Waals surface area contributed by atoms with E-state index in [1.54, 1.807) is 0 Å². The van der Waals surface area contributed by atoms with Crippen LogP contribution in [0.15, 0.2) is 109 Å². The summed E-state index contributed by atoms with van der Waals surface area (Å²) < 4.78 is 4.19. The fourth-order valence-electron chi connectivity index (χ4n) is 5.52. The molecule has 36 heavy (non-hydrogen) atoms. The molecule has 0 aliphatic carbocycles. The van der Waals surface area contributed by atoms with Gasteiger partial charge in [0.15, 0.2) is 0 Å². The van der Waals surface area contributed by atoms with Gasteiger partial charge in [0, 0.05) is 27.2 Å². The number of benzene rings is 5. The molecule has 4 nitrogen and oxygen atoms in total. The number of nitrogens with zero attached hydrogens (tertiary/aromatic N) is 4. The van der Waals surface area contributed by atoms with Crippen LogP contribution in [0.25, 0.3) is 55.0 Å². The Kier molecular flexibility index (Phi) is 4.24. The van der Waals surface area contributed by atoms with E-state index in [-0.39, 0.29) is 0 Å². The topological polar surface area (TPSA) is 57.4 Å². The first-order chi connectivity index (χ1) is 17.8. The van der Waals surface area contributed by atoms with Gasteiger partial charge in [0.1, 0.15) is 12.1 Å². The third-order valence-electron chi connectivity index (χ3n) is 6.98. The number of hydrogen-bond donors (Lipinski definition) is 0. The fourth-order valence-corrected chi connectivity index (χ4v) is 5.52. The Morgan fingerprint density at radius 3 is 1.14 bits per heavy atom. The fraction of sp³-hybridized carbons (Fsp3) is 0. The molecule has 0 N–H and O–H groups in total. The first-order valence-corrected chi connectivity index (χ1v) is 11.8. The Morgan fingerprint density at radius 1 is 0.444 bits per heavy atom. The lowest BCUT2D eigenvalue weighted by atomic mass is 10.1. The third kappa shape index (κ3) is 2.67. The molecule has 166 valence electrons. The summed E-state index contributed by atoms with van der Waals surface area (Å²) in [6, 6.07) is 41.3. The quantitative estimate of drug-likeness (QED) is 0.267. The molecule has 0 saturated heterocycles. The molecule has 2 heterocycles. The molecule has 7 rings (SSSR count). The lowest BCUT2D eigenvalue weighted by Crippen LogP contribution is -2.04. The van der Waals surface area contributed by atoms with Gasteiger partial charge in [0.25, 0.3) is 0 Å². The standard InChI is InChI=1S/C32H18N4/c33-19-21-17-23(35-28-13-5-1-9-24(28)25-10-2-6-14-29(25)35)18-22(20-34)32(21)36-30-15-7-3-11-26(30)27-12-4-8-16-31(27)36/h1-18H. The molecule has 0 unspecified atom stereocenters. The molecule has 0 saturated carbocycles. The maximum atomic E-state index is 10.3. The van der Waals surface area contributed by atoms with Crippen molar-refractivity contribution in [3.63, 3.8) is 0 Å². The first-order valence-electron chi connectivity index (χ1n) is 11.8. The maximum absolute atomic E-state index is 10.3. The zero-order valence-electron chi connectivity index (χ0n) is 19.2. The molecule has 0 bridgehead atoms. The lowest BCUT2D eigenvalue weighted by molar-refractivity contribution is 1.12. The third-order valence-corrected chi connectivity index (χ3v) is 6.98. The van der Waals surface area contributed by atoms with Crippen molar-refractivity contribution < 1.29 is 0 Å². The molecular formula is C32H18N4. The lowest BCUT2D eigenvalue weighted by Gasteiger charge is -2.15. The van der Waals surface area contributed by atoms with Crippen molar-refractivity contribution >= 4 is 43.6 Å². The van der Waals surface area contributed by atoms with Gasteiger partial charge in [-0.3, -0.25) is 0 Å². The molecule has 7 aromatic rings. The van der Waals surface area contributed by atoms with Gasteiger partial charge in [-0.05, 0) is 36.4 Å². The van der Waals surface area contributed by atoms with Crippen LogP contribution in [0.3, 0.4) is 0 Å².